The molecule has 5 rings (SSSR count). The topological polar surface area (TPSA) is 53.2 Å². The lowest BCUT2D eigenvalue weighted by molar-refractivity contribution is 0.482. The van der Waals surface area contributed by atoms with Gasteiger partial charge in [-0.15, -0.1) is 0 Å². The maximum Gasteiger partial charge on any atom is 0.174 e. The molecule has 0 aliphatic carbocycles. The lowest BCUT2D eigenvalue weighted by Crippen LogP contribution is -2.29. The molecule has 1 aliphatic heterocycles. The van der Waals surface area contributed by atoms with Crippen LogP contribution in [0, 0.1) is 0 Å². The van der Waals surface area contributed by atoms with Crippen LogP contribution < -0.4 is 15.0 Å². The van der Waals surface area contributed by atoms with E-state index in [9.17, 15) is 0 Å². The molecule has 0 amide bonds. The van der Waals surface area contributed by atoms with Crippen LogP contribution in [-0.2, 0) is 0 Å². The highest BCUT2D eigenvalue weighted by molar-refractivity contribution is 7.80. The van der Waals surface area contributed by atoms with Gasteiger partial charge in [-0.25, -0.2) is 0 Å². The van der Waals surface area contributed by atoms with Crippen molar-refractivity contribution in [3.63, 3.8) is 0 Å². The third-order valence-electron chi connectivity index (χ3n) is 5.13. The van der Waals surface area contributed by atoms with Gasteiger partial charge in [0.15, 0.2) is 5.11 Å². The number of nitrogens with one attached hydrogen (secondary N) is 2. The molecule has 2 aromatic carbocycles. The number of pyridine rings is 1. The van der Waals surface area contributed by atoms with E-state index < -0.39 is 0 Å². The quantitative estimate of drug-likeness (QED) is 0.431. The van der Waals surface area contributed by atoms with Crippen LogP contribution in [0.5, 0.6) is 11.5 Å². The predicted molar refractivity (Wildman–Crippen MR) is 122 cm³/mol. The fraction of sp³-hybridized carbons (Fsp3) is 0.0833. The zero-order valence-corrected chi connectivity index (χ0v) is 16.9. The van der Waals surface area contributed by atoms with Gasteiger partial charge in [0.2, 0.25) is 0 Å². The van der Waals surface area contributed by atoms with Gasteiger partial charge < -0.3 is 19.9 Å². The van der Waals surface area contributed by atoms with E-state index in [4.69, 9.17) is 17.0 Å². The van der Waals surface area contributed by atoms with Gasteiger partial charge >= 0.3 is 0 Å². The summed E-state index contributed by atoms with van der Waals surface area (Å²) in [7, 11) is 0. The second kappa shape index (κ2) is 8.00. The Kier molecular flexibility index (Phi) is 4.91. The summed E-state index contributed by atoms with van der Waals surface area (Å²) < 4.78 is 5.93. The maximum atomic E-state index is 5.93. The van der Waals surface area contributed by atoms with Gasteiger partial charge in [-0.3, -0.25) is 4.98 Å². The number of hydrogen-bond donors (Lipinski definition) is 2. The van der Waals surface area contributed by atoms with Crippen LogP contribution in [-0.4, -0.2) is 15.1 Å². The largest absolute Gasteiger partial charge is 0.457 e. The number of ether oxygens (including phenoxy) is 1. The molecule has 2 unspecified atom stereocenters. The molecule has 5 nitrogen and oxygen atoms in total. The Bertz CT molecular complexity index is 1120. The SMILES string of the molecule is S=C1NC(c2ccccn2)C(c2ccc[nH]2)N1c1ccc(Oc2ccccc2)cc1. The summed E-state index contributed by atoms with van der Waals surface area (Å²) in [4.78, 5) is 10.0. The Balaban J connectivity index is 1.47. The first-order valence-electron chi connectivity index (χ1n) is 9.76. The van der Waals surface area contributed by atoms with Gasteiger partial charge in [0, 0.05) is 23.8 Å². The summed E-state index contributed by atoms with van der Waals surface area (Å²) in [6.45, 7) is 0. The van der Waals surface area contributed by atoms with E-state index in [1.165, 1.54) is 0 Å². The summed E-state index contributed by atoms with van der Waals surface area (Å²) in [6, 6.07) is 27.7. The average molecular weight is 413 g/mol. The Labute approximate surface area is 180 Å². The third-order valence-corrected chi connectivity index (χ3v) is 5.45. The summed E-state index contributed by atoms with van der Waals surface area (Å²) >= 11 is 5.73. The highest BCUT2D eigenvalue weighted by atomic mass is 32.1. The number of H-pyrrole nitrogens is 1. The summed E-state index contributed by atoms with van der Waals surface area (Å²) in [5.41, 5.74) is 3.01. The summed E-state index contributed by atoms with van der Waals surface area (Å²) in [5.74, 6) is 1.59. The van der Waals surface area contributed by atoms with E-state index in [0.717, 1.165) is 28.6 Å². The third kappa shape index (κ3) is 3.53. The monoisotopic (exact) mass is 412 g/mol. The van der Waals surface area contributed by atoms with Crippen molar-refractivity contribution in [2.45, 2.75) is 12.1 Å². The Morgan fingerprint density at radius 1 is 0.833 bits per heavy atom. The number of rotatable bonds is 5. The van der Waals surface area contributed by atoms with Crippen molar-refractivity contribution >= 4 is 23.0 Å². The molecule has 3 heterocycles. The molecule has 2 aromatic heterocycles. The van der Waals surface area contributed by atoms with Crippen LogP contribution in [0.15, 0.2) is 97.3 Å². The lowest BCUT2D eigenvalue weighted by Gasteiger charge is -2.27. The van der Waals surface area contributed by atoms with E-state index in [1.807, 2.05) is 91.3 Å². The van der Waals surface area contributed by atoms with Gasteiger partial charge in [0.1, 0.15) is 17.5 Å². The van der Waals surface area contributed by atoms with Crippen molar-refractivity contribution in [3.05, 3.63) is 109 Å². The van der Waals surface area contributed by atoms with Gasteiger partial charge in [-0.1, -0.05) is 24.3 Å². The summed E-state index contributed by atoms with van der Waals surface area (Å²) in [5, 5.41) is 4.12. The molecule has 0 saturated carbocycles. The van der Waals surface area contributed by atoms with Gasteiger partial charge in [-0.05, 0) is 72.9 Å². The fourth-order valence-electron chi connectivity index (χ4n) is 3.78. The zero-order valence-electron chi connectivity index (χ0n) is 16.1. The molecule has 1 aliphatic rings. The van der Waals surface area contributed by atoms with Crippen molar-refractivity contribution < 1.29 is 4.74 Å². The second-order valence-corrected chi connectivity index (χ2v) is 7.42. The number of nitrogens with zero attached hydrogens (tertiary/aromatic N) is 2. The zero-order chi connectivity index (χ0) is 20.3. The van der Waals surface area contributed by atoms with Crippen molar-refractivity contribution in [1.82, 2.24) is 15.3 Å². The van der Waals surface area contributed by atoms with Gasteiger partial charge in [-0.2, -0.15) is 0 Å². The van der Waals surface area contributed by atoms with Crippen LogP contribution in [0.2, 0.25) is 0 Å². The first-order chi connectivity index (χ1) is 14.8. The molecule has 30 heavy (non-hydrogen) atoms. The molecule has 0 bridgehead atoms. The van der Waals surface area contributed by atoms with Crippen LogP contribution in [0.3, 0.4) is 0 Å². The molecule has 148 valence electrons. The first-order valence-corrected chi connectivity index (χ1v) is 10.2. The molecule has 2 N–H and O–H groups in total. The van der Waals surface area contributed by atoms with E-state index >= 15 is 0 Å². The Morgan fingerprint density at radius 3 is 2.30 bits per heavy atom. The van der Waals surface area contributed by atoms with Crippen molar-refractivity contribution in [3.8, 4) is 11.5 Å². The molecule has 0 spiro atoms. The second-order valence-electron chi connectivity index (χ2n) is 7.03. The smallest absolute Gasteiger partial charge is 0.174 e. The molecule has 0 radical (unpaired) electrons. The molecule has 4 aromatic rings. The predicted octanol–water partition coefficient (Wildman–Crippen LogP) is 5.38. The molecule has 6 heteroatoms. The minimum Gasteiger partial charge on any atom is -0.457 e. The van der Waals surface area contributed by atoms with Crippen molar-refractivity contribution in [2.24, 2.45) is 0 Å². The van der Waals surface area contributed by atoms with Gasteiger partial charge in [0.05, 0.1) is 11.7 Å². The van der Waals surface area contributed by atoms with Gasteiger partial charge in [0.25, 0.3) is 0 Å². The standard InChI is InChI=1S/C24H20N4OS/c30-24-27-22(20-9-4-5-15-25-20)23(21-10-6-16-26-21)28(24)17-11-13-19(14-12-17)29-18-7-2-1-3-8-18/h1-16,22-23,26H,(H,27,30). The number of aromatic amines is 1. The van der Waals surface area contributed by atoms with Crippen LogP contribution >= 0.6 is 12.2 Å². The maximum absolute atomic E-state index is 5.93. The van der Waals surface area contributed by atoms with E-state index in [0.29, 0.717) is 5.11 Å². The first kappa shape index (κ1) is 18.4. The normalized spacial score (nSPS) is 18.3. The van der Waals surface area contributed by atoms with Crippen LogP contribution in [0.25, 0.3) is 0 Å². The average Bonchev–Trinajstić information content (AvgIpc) is 3.43. The number of thiocarbonyl (C=S) groups is 1. The van der Waals surface area contributed by atoms with Crippen molar-refractivity contribution in [2.75, 3.05) is 4.90 Å². The van der Waals surface area contributed by atoms with E-state index in [1.54, 1.807) is 0 Å². The highest BCUT2D eigenvalue weighted by Gasteiger charge is 2.41. The van der Waals surface area contributed by atoms with E-state index in [2.05, 4.69) is 26.3 Å². The number of aromatic nitrogens is 2. The number of benzene rings is 2. The van der Waals surface area contributed by atoms with Crippen LogP contribution in [0.1, 0.15) is 23.5 Å². The molecule has 2 atom stereocenters. The fourth-order valence-corrected chi connectivity index (χ4v) is 4.12. The Morgan fingerprint density at radius 2 is 1.60 bits per heavy atom. The minimum atomic E-state index is -0.0578. The minimum absolute atomic E-state index is 0.0386. The number of anilines is 1. The lowest BCUT2D eigenvalue weighted by atomic mass is 10.0. The number of para-hydroxylation sites is 1. The van der Waals surface area contributed by atoms with Crippen molar-refractivity contribution in [1.29, 1.82) is 0 Å². The summed E-state index contributed by atoms with van der Waals surface area (Å²) in [6.07, 6.45) is 3.74. The molecule has 1 saturated heterocycles. The molecule has 1 fully saturated rings. The van der Waals surface area contributed by atoms with E-state index in [-0.39, 0.29) is 12.1 Å². The molecular formula is C24H20N4OS. The number of hydrogen-bond acceptors (Lipinski definition) is 3. The Hall–Kier alpha value is -3.64. The highest BCUT2D eigenvalue weighted by Crippen LogP contribution is 2.41. The molecular weight excluding hydrogens is 392 g/mol. The van der Waals surface area contributed by atoms with Crippen LogP contribution in [0.4, 0.5) is 5.69 Å².